The predicted octanol–water partition coefficient (Wildman–Crippen LogP) is 2.01. The molecule has 1 aromatic carbocycles. The van der Waals surface area contributed by atoms with Crippen molar-refractivity contribution in [2.24, 2.45) is 11.7 Å². The summed E-state index contributed by atoms with van der Waals surface area (Å²) in [5.41, 5.74) is 7.90. The van der Waals surface area contributed by atoms with E-state index in [2.05, 4.69) is 46.3 Å². The molecule has 0 saturated carbocycles. The lowest BCUT2D eigenvalue weighted by Crippen LogP contribution is -2.40. The molecule has 1 aliphatic rings. The van der Waals surface area contributed by atoms with Crippen LogP contribution in [-0.4, -0.2) is 34.6 Å². The first-order chi connectivity index (χ1) is 10.1. The Morgan fingerprint density at radius 2 is 1.90 bits per heavy atom. The number of hydrogen-bond donors (Lipinski definition) is 2. The second kappa shape index (κ2) is 6.09. The van der Waals surface area contributed by atoms with Gasteiger partial charge in [0.25, 0.3) is 0 Å². The minimum atomic E-state index is -0.704. The zero-order valence-corrected chi connectivity index (χ0v) is 12.9. The number of aromatic nitrogens is 2. The molecule has 1 atom stereocenters. The van der Waals surface area contributed by atoms with Gasteiger partial charge in [0.2, 0.25) is 5.13 Å². The van der Waals surface area contributed by atoms with E-state index in [0.717, 1.165) is 41.6 Å². The van der Waals surface area contributed by atoms with Crippen molar-refractivity contribution in [1.29, 1.82) is 0 Å². The molecule has 0 bridgehead atoms. The van der Waals surface area contributed by atoms with Gasteiger partial charge in [-0.2, -0.15) is 0 Å². The molecule has 0 amide bonds. The lowest BCUT2D eigenvalue weighted by atomic mass is 9.96. The van der Waals surface area contributed by atoms with Gasteiger partial charge < -0.3 is 15.7 Å². The molecule has 6 heteroatoms. The second-order valence-corrected chi connectivity index (χ2v) is 6.53. The molecule has 3 N–H and O–H groups in total. The summed E-state index contributed by atoms with van der Waals surface area (Å²) in [5, 5.41) is 20.0. The molecular weight excluding hydrogens is 284 g/mol. The Morgan fingerprint density at radius 3 is 2.52 bits per heavy atom. The van der Waals surface area contributed by atoms with Gasteiger partial charge in [0.1, 0.15) is 11.2 Å². The van der Waals surface area contributed by atoms with Crippen molar-refractivity contribution >= 4 is 16.5 Å². The summed E-state index contributed by atoms with van der Waals surface area (Å²) in [5.74, 6) is 0.200. The summed E-state index contributed by atoms with van der Waals surface area (Å²) in [6.45, 7) is 3.83. The third kappa shape index (κ3) is 3.23. The normalized spacial score (nSPS) is 18.0. The van der Waals surface area contributed by atoms with Crippen molar-refractivity contribution in [2.75, 3.05) is 18.0 Å². The number of aryl methyl sites for hydroxylation is 1. The molecule has 1 saturated heterocycles. The summed E-state index contributed by atoms with van der Waals surface area (Å²) in [6, 6.07) is 8.34. The molecule has 1 aliphatic heterocycles. The number of aliphatic hydroxyl groups excluding tert-OH is 1. The van der Waals surface area contributed by atoms with Crippen LogP contribution in [0, 0.1) is 12.8 Å². The molecule has 0 radical (unpaired) electrons. The van der Waals surface area contributed by atoms with Crippen molar-refractivity contribution in [2.45, 2.75) is 26.0 Å². The van der Waals surface area contributed by atoms with Crippen molar-refractivity contribution < 1.29 is 5.11 Å². The van der Waals surface area contributed by atoms with Gasteiger partial charge >= 0.3 is 0 Å². The van der Waals surface area contributed by atoms with Crippen LogP contribution in [0.4, 0.5) is 5.13 Å². The van der Waals surface area contributed by atoms with E-state index in [1.165, 1.54) is 5.56 Å². The highest BCUT2D eigenvalue weighted by molar-refractivity contribution is 7.18. The monoisotopic (exact) mass is 304 g/mol. The molecule has 2 heterocycles. The average molecular weight is 304 g/mol. The van der Waals surface area contributed by atoms with Gasteiger partial charge in [-0.25, -0.2) is 0 Å². The fourth-order valence-corrected chi connectivity index (χ4v) is 3.49. The van der Waals surface area contributed by atoms with Gasteiger partial charge in [0, 0.05) is 24.6 Å². The maximum atomic E-state index is 9.44. The van der Waals surface area contributed by atoms with Gasteiger partial charge in [-0.3, -0.25) is 0 Å². The molecule has 2 aromatic rings. The zero-order valence-electron chi connectivity index (χ0n) is 12.1. The number of aliphatic hydroxyl groups is 1. The van der Waals surface area contributed by atoms with Crippen LogP contribution in [0.2, 0.25) is 0 Å². The number of hydrogen-bond acceptors (Lipinski definition) is 6. The first-order valence-corrected chi connectivity index (χ1v) is 8.04. The van der Waals surface area contributed by atoms with Crippen LogP contribution in [0.25, 0.3) is 10.6 Å². The largest absolute Gasteiger partial charge is 0.379 e. The lowest BCUT2D eigenvalue weighted by molar-refractivity contribution is 0.0988. The third-order valence-corrected chi connectivity index (χ3v) is 5.04. The van der Waals surface area contributed by atoms with Gasteiger partial charge in [0.15, 0.2) is 0 Å². The minimum Gasteiger partial charge on any atom is -0.379 e. The molecule has 1 fully saturated rings. The molecule has 5 nitrogen and oxygen atoms in total. The highest BCUT2D eigenvalue weighted by Gasteiger charge is 2.25. The Bertz CT molecular complexity index is 588. The number of benzene rings is 1. The Morgan fingerprint density at radius 1 is 1.24 bits per heavy atom. The van der Waals surface area contributed by atoms with E-state index in [1.54, 1.807) is 11.3 Å². The van der Waals surface area contributed by atoms with Crippen molar-refractivity contribution in [3.8, 4) is 10.6 Å². The third-order valence-electron chi connectivity index (χ3n) is 4.01. The quantitative estimate of drug-likeness (QED) is 0.848. The molecular formula is C15H20N4OS. The summed E-state index contributed by atoms with van der Waals surface area (Å²) in [7, 11) is 0. The van der Waals surface area contributed by atoms with E-state index in [0.29, 0.717) is 0 Å². The number of rotatable bonds is 3. The Balaban J connectivity index is 1.70. The van der Waals surface area contributed by atoms with E-state index in [1.807, 2.05) is 0 Å². The summed E-state index contributed by atoms with van der Waals surface area (Å²) >= 11 is 1.62. The smallest absolute Gasteiger partial charge is 0.208 e. The first-order valence-electron chi connectivity index (χ1n) is 7.22. The molecule has 1 aromatic heterocycles. The van der Waals surface area contributed by atoms with Crippen LogP contribution in [0.1, 0.15) is 18.4 Å². The van der Waals surface area contributed by atoms with Crippen LogP contribution < -0.4 is 10.6 Å². The predicted molar refractivity (Wildman–Crippen MR) is 85.2 cm³/mol. The Labute approximate surface area is 128 Å². The number of nitrogens with zero attached hydrogens (tertiary/aromatic N) is 3. The number of anilines is 1. The maximum Gasteiger partial charge on any atom is 0.208 e. The van der Waals surface area contributed by atoms with Gasteiger partial charge in [-0.05, 0) is 19.8 Å². The Hall–Kier alpha value is -1.50. The number of piperidine rings is 1. The lowest BCUT2D eigenvalue weighted by Gasteiger charge is -2.32. The second-order valence-electron chi connectivity index (χ2n) is 5.57. The van der Waals surface area contributed by atoms with Crippen molar-refractivity contribution in [3.63, 3.8) is 0 Å². The fraction of sp³-hybridized carbons (Fsp3) is 0.467. The van der Waals surface area contributed by atoms with Crippen LogP contribution in [0.15, 0.2) is 24.3 Å². The SMILES string of the molecule is Cc1ccc(-c2nnc(N3CCC(C(N)O)CC3)s2)cc1. The minimum absolute atomic E-state index is 0.200. The summed E-state index contributed by atoms with van der Waals surface area (Å²) in [6.07, 6.45) is 1.10. The van der Waals surface area contributed by atoms with Crippen LogP contribution in [0.3, 0.4) is 0 Å². The summed E-state index contributed by atoms with van der Waals surface area (Å²) < 4.78 is 0. The highest BCUT2D eigenvalue weighted by atomic mass is 32.1. The average Bonchev–Trinajstić information content (AvgIpc) is 2.98. The van der Waals surface area contributed by atoms with Gasteiger partial charge in [0.05, 0.1) is 0 Å². The molecule has 21 heavy (non-hydrogen) atoms. The molecule has 1 unspecified atom stereocenters. The van der Waals surface area contributed by atoms with Crippen LogP contribution in [-0.2, 0) is 0 Å². The maximum absolute atomic E-state index is 9.44. The van der Waals surface area contributed by atoms with E-state index in [4.69, 9.17) is 5.73 Å². The molecule has 112 valence electrons. The van der Waals surface area contributed by atoms with Crippen molar-refractivity contribution in [3.05, 3.63) is 29.8 Å². The van der Waals surface area contributed by atoms with E-state index < -0.39 is 6.23 Å². The zero-order chi connectivity index (χ0) is 14.8. The molecule has 0 spiro atoms. The van der Waals surface area contributed by atoms with Gasteiger partial charge in [-0.15, -0.1) is 10.2 Å². The molecule has 0 aliphatic carbocycles. The standard InChI is InChI=1S/C15H20N4OS/c1-10-2-4-12(5-3-10)14-17-18-15(21-14)19-8-6-11(7-9-19)13(16)20/h2-5,11,13,20H,6-9,16H2,1H3. The first kappa shape index (κ1) is 14.4. The van der Waals surface area contributed by atoms with Gasteiger partial charge in [-0.1, -0.05) is 41.2 Å². The number of nitrogens with two attached hydrogens (primary N) is 1. The van der Waals surface area contributed by atoms with Crippen molar-refractivity contribution in [1.82, 2.24) is 10.2 Å². The summed E-state index contributed by atoms with van der Waals surface area (Å²) in [4.78, 5) is 2.23. The fourth-order valence-electron chi connectivity index (χ4n) is 2.59. The Kier molecular flexibility index (Phi) is 4.19. The molecule has 3 rings (SSSR count). The highest BCUT2D eigenvalue weighted by Crippen LogP contribution is 2.31. The topological polar surface area (TPSA) is 75.3 Å². The van der Waals surface area contributed by atoms with E-state index >= 15 is 0 Å². The van der Waals surface area contributed by atoms with Crippen LogP contribution in [0.5, 0.6) is 0 Å². The van der Waals surface area contributed by atoms with E-state index in [-0.39, 0.29) is 5.92 Å². The van der Waals surface area contributed by atoms with E-state index in [9.17, 15) is 5.11 Å². The van der Waals surface area contributed by atoms with Crippen LogP contribution >= 0.6 is 11.3 Å².